The molecule has 0 bridgehead atoms. The van der Waals surface area contributed by atoms with Gasteiger partial charge in [-0.25, -0.2) is 0 Å². The normalized spacial score (nSPS) is 21.8. The molecule has 0 radical (unpaired) electrons. The Balaban J connectivity index is 1.89. The monoisotopic (exact) mass is 340 g/mol. The first-order valence-corrected chi connectivity index (χ1v) is 14.4. The van der Waals surface area contributed by atoms with Crippen LogP contribution < -0.4 is 0 Å². The van der Waals surface area contributed by atoms with E-state index in [-0.39, 0.29) is 11.8 Å². The fourth-order valence-corrected chi connectivity index (χ4v) is 9.31. The molecule has 0 spiro atoms. The van der Waals surface area contributed by atoms with E-state index in [0.29, 0.717) is 23.6 Å². The average molecular weight is 340 g/mol. The van der Waals surface area contributed by atoms with Gasteiger partial charge in [0.15, 0.2) is 0 Å². The molecule has 0 aliphatic carbocycles. The van der Waals surface area contributed by atoms with Gasteiger partial charge in [0, 0.05) is 0 Å². The van der Waals surface area contributed by atoms with Crippen LogP contribution in [0.2, 0.25) is 0 Å². The predicted octanol–water partition coefficient (Wildman–Crippen LogP) is 1.23. The van der Waals surface area contributed by atoms with Crippen molar-refractivity contribution in [2.75, 3.05) is 23.8 Å². The molecule has 2 fully saturated rings. The second-order valence-electron chi connectivity index (χ2n) is 4.69. The number of rotatable bonds is 4. The number of carbonyl (C=O) groups is 2. The maximum atomic E-state index is 11.5. The summed E-state index contributed by atoms with van der Waals surface area (Å²) in [4.78, 5) is 26.6. The summed E-state index contributed by atoms with van der Waals surface area (Å²) in [6.07, 6.45) is 3.00. The van der Waals surface area contributed by atoms with E-state index in [9.17, 15) is 9.59 Å². The molecular formula is C10H16Cl2GeN2O2. The fourth-order valence-electron chi connectivity index (χ4n) is 2.35. The van der Waals surface area contributed by atoms with Gasteiger partial charge in [0.1, 0.15) is 0 Å². The van der Waals surface area contributed by atoms with E-state index in [4.69, 9.17) is 20.0 Å². The first-order chi connectivity index (χ1) is 7.98. The van der Waals surface area contributed by atoms with Gasteiger partial charge in [-0.2, -0.15) is 0 Å². The van der Waals surface area contributed by atoms with Crippen LogP contribution in [-0.2, 0) is 9.59 Å². The zero-order valence-electron chi connectivity index (χ0n) is 9.62. The molecule has 0 aromatic heterocycles. The Labute approximate surface area is 112 Å². The van der Waals surface area contributed by atoms with E-state index in [1.54, 1.807) is 9.80 Å². The van der Waals surface area contributed by atoms with Crippen molar-refractivity contribution in [1.82, 2.24) is 9.80 Å². The summed E-state index contributed by atoms with van der Waals surface area (Å²) in [6.45, 7) is 1.53. The Kier molecular flexibility index (Phi) is 4.26. The summed E-state index contributed by atoms with van der Waals surface area (Å²) in [6, 6.07) is 0. The maximum absolute atomic E-state index is 11.5. The molecule has 2 aliphatic heterocycles. The van der Waals surface area contributed by atoms with Gasteiger partial charge in [0.25, 0.3) is 0 Å². The van der Waals surface area contributed by atoms with Crippen LogP contribution >= 0.6 is 20.0 Å². The molecule has 0 aromatic rings. The topological polar surface area (TPSA) is 40.6 Å². The van der Waals surface area contributed by atoms with Gasteiger partial charge in [-0.05, 0) is 0 Å². The molecule has 0 saturated carbocycles. The second kappa shape index (κ2) is 5.37. The molecule has 0 unspecified atom stereocenters. The third kappa shape index (κ3) is 3.51. The van der Waals surface area contributed by atoms with E-state index in [1.165, 1.54) is 0 Å². The SMILES string of the molecule is O=C1CCCN1[CH2][Ge]([Cl])([Cl])[CH2]N1CCCC1=O. The van der Waals surface area contributed by atoms with Gasteiger partial charge < -0.3 is 0 Å². The summed E-state index contributed by atoms with van der Waals surface area (Å²) >= 11 is -3.09. The molecule has 2 heterocycles. The first kappa shape index (κ1) is 13.5. The molecule has 0 aromatic carbocycles. The Hall–Kier alpha value is 0.0629. The van der Waals surface area contributed by atoms with Crippen molar-refractivity contribution < 1.29 is 9.59 Å². The third-order valence-corrected chi connectivity index (χ3v) is 9.21. The molecule has 0 N–H and O–H groups in total. The van der Waals surface area contributed by atoms with E-state index in [1.807, 2.05) is 0 Å². The minimum absolute atomic E-state index is 0.147. The Bertz CT molecular complexity index is 308. The van der Waals surface area contributed by atoms with Crippen molar-refractivity contribution in [1.29, 1.82) is 0 Å². The zero-order chi connectivity index (χ0) is 12.5. The van der Waals surface area contributed by atoms with Gasteiger partial charge in [-0.1, -0.05) is 0 Å². The van der Waals surface area contributed by atoms with Crippen LogP contribution in [0.15, 0.2) is 0 Å². The van der Waals surface area contributed by atoms with Crippen LogP contribution in [0.1, 0.15) is 25.7 Å². The molecule has 2 rings (SSSR count). The molecular weight excluding hydrogens is 324 g/mol. The summed E-state index contributed by atoms with van der Waals surface area (Å²) < 4.78 is 0. The number of halogens is 2. The van der Waals surface area contributed by atoms with Crippen LogP contribution in [0.3, 0.4) is 0 Å². The van der Waals surface area contributed by atoms with Crippen LogP contribution in [0.5, 0.6) is 0 Å². The minimum atomic E-state index is -3.09. The molecule has 2 amide bonds. The molecule has 96 valence electrons. The van der Waals surface area contributed by atoms with Gasteiger partial charge in [-0.15, -0.1) is 0 Å². The van der Waals surface area contributed by atoms with E-state index >= 15 is 0 Å². The Morgan fingerprint density at radius 1 is 0.941 bits per heavy atom. The van der Waals surface area contributed by atoms with Crippen molar-refractivity contribution in [2.45, 2.75) is 25.7 Å². The van der Waals surface area contributed by atoms with E-state index in [0.717, 1.165) is 25.9 Å². The number of carbonyl (C=O) groups excluding carboxylic acids is 2. The zero-order valence-corrected chi connectivity index (χ0v) is 13.2. The second-order valence-corrected chi connectivity index (χ2v) is 18.1. The van der Waals surface area contributed by atoms with Crippen molar-refractivity contribution in [2.24, 2.45) is 0 Å². The van der Waals surface area contributed by atoms with Crippen molar-refractivity contribution in [3.63, 3.8) is 0 Å². The number of hydrogen-bond donors (Lipinski definition) is 0. The van der Waals surface area contributed by atoms with Crippen LogP contribution in [-0.4, -0.2) is 56.9 Å². The number of likely N-dealkylation sites (tertiary alicyclic amines) is 2. The van der Waals surface area contributed by atoms with Crippen LogP contribution in [0, 0.1) is 0 Å². The van der Waals surface area contributed by atoms with Gasteiger partial charge in [0.05, 0.1) is 0 Å². The molecule has 17 heavy (non-hydrogen) atoms. The first-order valence-electron chi connectivity index (χ1n) is 5.91. The van der Waals surface area contributed by atoms with E-state index < -0.39 is 11.4 Å². The average Bonchev–Trinajstić information content (AvgIpc) is 2.78. The fraction of sp³-hybridized carbons (Fsp3) is 0.800. The molecule has 2 aliphatic rings. The number of nitrogens with zero attached hydrogens (tertiary/aromatic N) is 2. The standard InChI is InChI=1S/C10H16Cl2GeN2O2/c11-13(12,7-14-5-1-3-9(14)16)8-15-6-2-4-10(15)17/h1-8H2. The molecule has 0 atom stereocenters. The van der Waals surface area contributed by atoms with Crippen molar-refractivity contribution in [3.8, 4) is 0 Å². The Morgan fingerprint density at radius 2 is 1.35 bits per heavy atom. The van der Waals surface area contributed by atoms with Crippen LogP contribution in [0.25, 0.3) is 0 Å². The van der Waals surface area contributed by atoms with Gasteiger partial charge >= 0.3 is 112 Å². The predicted molar refractivity (Wildman–Crippen MR) is 69.1 cm³/mol. The molecule has 7 heteroatoms. The molecule has 4 nitrogen and oxygen atoms in total. The van der Waals surface area contributed by atoms with Crippen LogP contribution in [0.4, 0.5) is 0 Å². The van der Waals surface area contributed by atoms with Crippen molar-refractivity contribution >= 4 is 43.2 Å². The summed E-state index contributed by atoms with van der Waals surface area (Å²) in [5.74, 6) is 0.295. The number of amides is 2. The Morgan fingerprint density at radius 3 is 1.65 bits per heavy atom. The van der Waals surface area contributed by atoms with Gasteiger partial charge in [-0.3, -0.25) is 0 Å². The number of hydrogen-bond acceptors (Lipinski definition) is 2. The summed E-state index contributed by atoms with van der Waals surface area (Å²) in [7, 11) is 12.8. The van der Waals surface area contributed by atoms with Crippen molar-refractivity contribution in [3.05, 3.63) is 0 Å². The summed E-state index contributed by atoms with van der Waals surface area (Å²) in [5, 5.41) is 0.984. The van der Waals surface area contributed by atoms with E-state index in [2.05, 4.69) is 0 Å². The quantitative estimate of drug-likeness (QED) is 0.723. The molecule has 2 saturated heterocycles. The third-order valence-electron chi connectivity index (χ3n) is 3.19. The summed E-state index contributed by atoms with van der Waals surface area (Å²) in [5.41, 5.74) is 0. The van der Waals surface area contributed by atoms with Gasteiger partial charge in [0.2, 0.25) is 0 Å².